The maximum atomic E-state index is 12.4. The van der Waals surface area contributed by atoms with E-state index in [0.29, 0.717) is 11.2 Å². The van der Waals surface area contributed by atoms with Gasteiger partial charge in [0.1, 0.15) is 11.2 Å². The molecule has 2 heterocycles. The van der Waals surface area contributed by atoms with Gasteiger partial charge >= 0.3 is 15.6 Å². The molecule has 1 aromatic carbocycles. The second kappa shape index (κ2) is 4.35. The number of halogens is 3. The maximum Gasteiger partial charge on any atom is 0.534 e. The molecule has 0 radical (unpaired) electrons. The standard InChI is InChI=1S/C12H7F3N2O3S/c13-12(14,15)21(18,19)20-9-5-3-4-8-11(9)17-7-2-1-6-10(17)16-8/h1-7H. The van der Waals surface area contributed by atoms with Gasteiger partial charge in [-0.05, 0) is 24.3 Å². The molecule has 0 amide bonds. The van der Waals surface area contributed by atoms with E-state index in [2.05, 4.69) is 9.17 Å². The summed E-state index contributed by atoms with van der Waals surface area (Å²) in [5, 5.41) is 0. The Morgan fingerprint density at radius 2 is 1.86 bits per heavy atom. The van der Waals surface area contributed by atoms with Crippen molar-refractivity contribution in [1.82, 2.24) is 9.38 Å². The molecule has 0 aliphatic heterocycles. The first-order valence-electron chi connectivity index (χ1n) is 5.66. The van der Waals surface area contributed by atoms with Gasteiger partial charge in [-0.15, -0.1) is 0 Å². The van der Waals surface area contributed by atoms with Gasteiger partial charge in [-0.3, -0.25) is 4.40 Å². The number of aromatic nitrogens is 2. The van der Waals surface area contributed by atoms with Gasteiger partial charge in [-0.25, -0.2) is 4.98 Å². The third-order valence-electron chi connectivity index (χ3n) is 2.77. The number of pyridine rings is 1. The lowest BCUT2D eigenvalue weighted by molar-refractivity contribution is -0.0499. The molecule has 0 aliphatic rings. The van der Waals surface area contributed by atoms with Crippen molar-refractivity contribution in [3.05, 3.63) is 42.6 Å². The van der Waals surface area contributed by atoms with E-state index in [0.717, 1.165) is 6.07 Å². The van der Waals surface area contributed by atoms with Crippen molar-refractivity contribution in [3.63, 3.8) is 0 Å². The molecular weight excluding hydrogens is 309 g/mol. The molecule has 3 rings (SSSR count). The van der Waals surface area contributed by atoms with Crippen molar-refractivity contribution < 1.29 is 25.8 Å². The molecular formula is C12H7F3N2O3S. The predicted molar refractivity (Wildman–Crippen MR) is 68.3 cm³/mol. The summed E-state index contributed by atoms with van der Waals surface area (Å²) in [5.41, 5.74) is -4.54. The Morgan fingerprint density at radius 3 is 2.57 bits per heavy atom. The van der Waals surface area contributed by atoms with E-state index in [-0.39, 0.29) is 5.52 Å². The average molecular weight is 316 g/mol. The van der Waals surface area contributed by atoms with Gasteiger partial charge in [0, 0.05) is 6.20 Å². The molecule has 0 N–H and O–H groups in total. The summed E-state index contributed by atoms with van der Waals surface area (Å²) in [5.74, 6) is -0.427. The Bertz CT molecular complexity index is 932. The first-order chi connectivity index (χ1) is 9.79. The maximum absolute atomic E-state index is 12.4. The molecule has 0 aliphatic carbocycles. The highest BCUT2D eigenvalue weighted by molar-refractivity contribution is 7.88. The minimum Gasteiger partial charge on any atom is -0.374 e. The van der Waals surface area contributed by atoms with Crippen LogP contribution in [-0.2, 0) is 10.1 Å². The summed E-state index contributed by atoms with van der Waals surface area (Å²) in [6.07, 6.45) is 1.55. The Hall–Kier alpha value is -2.29. The van der Waals surface area contributed by atoms with E-state index >= 15 is 0 Å². The summed E-state index contributed by atoms with van der Waals surface area (Å²) in [4.78, 5) is 4.17. The fraction of sp³-hybridized carbons (Fsp3) is 0.0833. The van der Waals surface area contributed by atoms with E-state index in [1.165, 1.54) is 10.5 Å². The fourth-order valence-corrected chi connectivity index (χ4v) is 2.38. The SMILES string of the molecule is O=S(=O)(Oc1cccc2nc3ccccn3c12)C(F)(F)F. The van der Waals surface area contributed by atoms with Crippen LogP contribution >= 0.6 is 0 Å². The number of fused-ring (bicyclic) bond motifs is 3. The van der Waals surface area contributed by atoms with Crippen molar-refractivity contribution in [2.24, 2.45) is 0 Å². The number of imidazole rings is 1. The predicted octanol–water partition coefficient (Wildman–Crippen LogP) is 2.72. The molecule has 5 nitrogen and oxygen atoms in total. The molecule has 110 valence electrons. The third kappa shape index (κ3) is 2.19. The summed E-state index contributed by atoms with van der Waals surface area (Å²) in [6, 6.07) is 9.05. The van der Waals surface area contributed by atoms with E-state index in [1.807, 2.05) is 0 Å². The van der Waals surface area contributed by atoms with Crippen LogP contribution in [0.2, 0.25) is 0 Å². The van der Waals surface area contributed by atoms with Crippen LogP contribution in [0, 0.1) is 0 Å². The second-order valence-corrected chi connectivity index (χ2v) is 5.69. The van der Waals surface area contributed by atoms with Crippen LogP contribution in [0.25, 0.3) is 16.7 Å². The number of nitrogens with zero attached hydrogens (tertiary/aromatic N) is 2. The number of hydrogen-bond donors (Lipinski definition) is 0. The van der Waals surface area contributed by atoms with Crippen molar-refractivity contribution in [1.29, 1.82) is 0 Å². The van der Waals surface area contributed by atoms with E-state index in [9.17, 15) is 21.6 Å². The average Bonchev–Trinajstić information content (AvgIpc) is 2.76. The zero-order chi connectivity index (χ0) is 15.3. The second-order valence-electron chi connectivity index (χ2n) is 4.15. The van der Waals surface area contributed by atoms with Crippen molar-refractivity contribution in [2.45, 2.75) is 5.51 Å². The largest absolute Gasteiger partial charge is 0.534 e. The Kier molecular flexibility index (Phi) is 2.84. The van der Waals surface area contributed by atoms with E-state index in [1.54, 1.807) is 30.5 Å². The van der Waals surface area contributed by atoms with Crippen LogP contribution in [0.3, 0.4) is 0 Å². The summed E-state index contributed by atoms with van der Waals surface area (Å²) >= 11 is 0. The Balaban J connectivity index is 2.24. The highest BCUT2D eigenvalue weighted by atomic mass is 32.2. The highest BCUT2D eigenvalue weighted by Crippen LogP contribution is 2.32. The zero-order valence-electron chi connectivity index (χ0n) is 10.2. The molecule has 0 bridgehead atoms. The van der Waals surface area contributed by atoms with Crippen LogP contribution in [0.15, 0.2) is 42.6 Å². The summed E-state index contributed by atoms with van der Waals surface area (Å²) in [6.45, 7) is 0. The lowest BCUT2D eigenvalue weighted by atomic mass is 10.3. The fourth-order valence-electron chi connectivity index (χ4n) is 1.91. The zero-order valence-corrected chi connectivity index (χ0v) is 11.0. The lowest BCUT2D eigenvalue weighted by Crippen LogP contribution is -2.28. The lowest BCUT2D eigenvalue weighted by Gasteiger charge is -2.10. The smallest absolute Gasteiger partial charge is 0.374 e. The molecule has 0 spiro atoms. The van der Waals surface area contributed by atoms with E-state index < -0.39 is 21.4 Å². The van der Waals surface area contributed by atoms with E-state index in [4.69, 9.17) is 0 Å². The highest BCUT2D eigenvalue weighted by Gasteiger charge is 2.48. The third-order valence-corrected chi connectivity index (χ3v) is 3.74. The first kappa shape index (κ1) is 13.7. The Labute approximate surface area is 116 Å². The number of rotatable bonds is 2. The first-order valence-corrected chi connectivity index (χ1v) is 7.07. The quantitative estimate of drug-likeness (QED) is 0.539. The van der Waals surface area contributed by atoms with Gasteiger partial charge < -0.3 is 4.18 Å². The molecule has 0 saturated heterocycles. The van der Waals surface area contributed by atoms with Gasteiger partial charge in [-0.2, -0.15) is 21.6 Å². The monoisotopic (exact) mass is 316 g/mol. The van der Waals surface area contributed by atoms with Crippen molar-refractivity contribution in [2.75, 3.05) is 0 Å². The molecule has 0 atom stereocenters. The van der Waals surface area contributed by atoms with Crippen molar-refractivity contribution in [3.8, 4) is 5.75 Å². The number of para-hydroxylation sites is 1. The van der Waals surface area contributed by atoms with Gasteiger partial charge in [-0.1, -0.05) is 12.1 Å². The molecule has 2 aromatic heterocycles. The van der Waals surface area contributed by atoms with Crippen LogP contribution in [0.4, 0.5) is 13.2 Å². The van der Waals surface area contributed by atoms with Crippen LogP contribution in [0.1, 0.15) is 0 Å². The topological polar surface area (TPSA) is 60.7 Å². The molecule has 3 aromatic rings. The molecule has 0 saturated carbocycles. The molecule has 9 heteroatoms. The van der Waals surface area contributed by atoms with Gasteiger partial charge in [0.05, 0.1) is 5.52 Å². The molecule has 0 fully saturated rings. The summed E-state index contributed by atoms with van der Waals surface area (Å²) < 4.78 is 65.3. The van der Waals surface area contributed by atoms with Gasteiger partial charge in [0.15, 0.2) is 5.75 Å². The van der Waals surface area contributed by atoms with Crippen LogP contribution < -0.4 is 4.18 Å². The van der Waals surface area contributed by atoms with Crippen molar-refractivity contribution >= 4 is 26.8 Å². The molecule has 21 heavy (non-hydrogen) atoms. The normalized spacial score (nSPS) is 12.9. The number of alkyl halides is 3. The van der Waals surface area contributed by atoms with Crippen LogP contribution in [0.5, 0.6) is 5.75 Å². The number of benzene rings is 1. The van der Waals surface area contributed by atoms with Gasteiger partial charge in [0.25, 0.3) is 0 Å². The number of hydrogen-bond acceptors (Lipinski definition) is 4. The Morgan fingerprint density at radius 1 is 1.10 bits per heavy atom. The van der Waals surface area contributed by atoms with Gasteiger partial charge in [0.2, 0.25) is 0 Å². The summed E-state index contributed by atoms with van der Waals surface area (Å²) in [7, 11) is -5.73. The van der Waals surface area contributed by atoms with Crippen LogP contribution in [-0.4, -0.2) is 23.3 Å². The minimum atomic E-state index is -5.73. The minimum absolute atomic E-state index is 0.154. The molecule has 0 unspecified atom stereocenters.